The van der Waals surface area contributed by atoms with Gasteiger partial charge in [-0.05, 0) is 52.6 Å². The van der Waals surface area contributed by atoms with E-state index in [2.05, 4.69) is 11.9 Å². The summed E-state index contributed by atoms with van der Waals surface area (Å²) in [7, 11) is 2.13. The number of rotatable bonds is 1. The predicted octanol–water partition coefficient (Wildman–Crippen LogP) is 1.13. The van der Waals surface area contributed by atoms with E-state index in [1.165, 1.54) is 0 Å². The Balaban J connectivity index is 1.97. The Kier molecular flexibility index (Phi) is 4.06. The van der Waals surface area contributed by atoms with Crippen molar-refractivity contribution in [1.29, 1.82) is 0 Å². The van der Waals surface area contributed by atoms with Crippen molar-refractivity contribution in [2.24, 2.45) is 17.6 Å². The number of fused-ring (bicyclic) bond motifs is 1. The van der Waals surface area contributed by atoms with Gasteiger partial charge in [0, 0.05) is 25.7 Å². The normalized spacial score (nSPS) is 32.3. The molecule has 0 radical (unpaired) electrons. The molecule has 5 heteroatoms. The summed E-state index contributed by atoms with van der Waals surface area (Å²) in [5.74, 6) is 1.21. The molecule has 110 valence electrons. The first-order valence-electron chi connectivity index (χ1n) is 7.20. The first kappa shape index (κ1) is 14.6. The van der Waals surface area contributed by atoms with Crippen molar-refractivity contribution in [2.75, 3.05) is 33.2 Å². The molecule has 5 nitrogen and oxygen atoms in total. The highest BCUT2D eigenvalue weighted by Crippen LogP contribution is 2.34. The van der Waals surface area contributed by atoms with Crippen LogP contribution in [0.5, 0.6) is 0 Å². The number of carbonyl (C=O) groups is 1. The lowest BCUT2D eigenvalue weighted by atomic mass is 9.85. The third-order valence-corrected chi connectivity index (χ3v) is 4.28. The minimum atomic E-state index is -0.421. The SMILES string of the molecule is CN1CC(CN)C2CCN(C(=O)OC(C)(C)C)CC21. The van der Waals surface area contributed by atoms with Gasteiger partial charge in [0.2, 0.25) is 0 Å². The second kappa shape index (κ2) is 5.29. The van der Waals surface area contributed by atoms with Crippen molar-refractivity contribution in [1.82, 2.24) is 9.80 Å². The van der Waals surface area contributed by atoms with Gasteiger partial charge in [-0.3, -0.25) is 0 Å². The van der Waals surface area contributed by atoms with Crippen molar-refractivity contribution in [3.63, 3.8) is 0 Å². The summed E-state index contributed by atoms with van der Waals surface area (Å²) in [6, 6.07) is 0.440. The number of nitrogens with zero attached hydrogens (tertiary/aromatic N) is 2. The van der Waals surface area contributed by atoms with Gasteiger partial charge < -0.3 is 20.3 Å². The Morgan fingerprint density at radius 1 is 1.37 bits per heavy atom. The molecule has 3 atom stereocenters. The van der Waals surface area contributed by atoms with E-state index in [9.17, 15) is 4.79 Å². The molecule has 0 aromatic carbocycles. The van der Waals surface area contributed by atoms with Crippen molar-refractivity contribution >= 4 is 6.09 Å². The molecule has 2 heterocycles. The molecule has 3 unspecified atom stereocenters. The van der Waals surface area contributed by atoms with Crippen LogP contribution in [0.15, 0.2) is 0 Å². The van der Waals surface area contributed by atoms with E-state index in [4.69, 9.17) is 10.5 Å². The van der Waals surface area contributed by atoms with E-state index in [-0.39, 0.29) is 6.09 Å². The number of likely N-dealkylation sites (N-methyl/N-ethyl adjacent to an activating group) is 1. The maximum Gasteiger partial charge on any atom is 0.410 e. The second-order valence-electron chi connectivity index (χ2n) is 6.88. The van der Waals surface area contributed by atoms with Crippen LogP contribution in [0.3, 0.4) is 0 Å². The molecule has 2 aliphatic heterocycles. The topological polar surface area (TPSA) is 58.8 Å². The van der Waals surface area contributed by atoms with E-state index < -0.39 is 5.60 Å². The number of hydrogen-bond donors (Lipinski definition) is 1. The molecule has 2 fully saturated rings. The molecule has 1 amide bonds. The predicted molar refractivity (Wildman–Crippen MR) is 74.9 cm³/mol. The standard InChI is InChI=1S/C14H27N3O2/c1-14(2,3)19-13(18)17-6-5-11-10(7-15)8-16(4)12(11)9-17/h10-12H,5-9,15H2,1-4H3. The molecule has 0 aromatic rings. The van der Waals surface area contributed by atoms with Crippen molar-refractivity contribution in [3.05, 3.63) is 0 Å². The average molecular weight is 269 g/mol. The summed E-state index contributed by atoms with van der Waals surface area (Å²) in [5.41, 5.74) is 5.43. The van der Waals surface area contributed by atoms with E-state index in [1.54, 1.807) is 0 Å². The second-order valence-corrected chi connectivity index (χ2v) is 6.88. The molecular weight excluding hydrogens is 242 g/mol. The zero-order chi connectivity index (χ0) is 14.2. The average Bonchev–Trinajstić information content (AvgIpc) is 2.63. The Labute approximate surface area is 116 Å². The summed E-state index contributed by atoms with van der Waals surface area (Å²) in [5, 5.41) is 0. The van der Waals surface area contributed by atoms with Crippen LogP contribution in [-0.2, 0) is 4.74 Å². The minimum Gasteiger partial charge on any atom is -0.444 e. The molecule has 2 aliphatic rings. The first-order valence-corrected chi connectivity index (χ1v) is 7.20. The summed E-state index contributed by atoms with van der Waals surface area (Å²) in [6.07, 6.45) is 0.853. The van der Waals surface area contributed by atoms with Gasteiger partial charge >= 0.3 is 6.09 Å². The van der Waals surface area contributed by atoms with Crippen LogP contribution >= 0.6 is 0 Å². The molecule has 0 aromatic heterocycles. The first-order chi connectivity index (χ1) is 8.81. The molecule has 2 saturated heterocycles. The van der Waals surface area contributed by atoms with Gasteiger partial charge in [-0.1, -0.05) is 0 Å². The molecule has 2 N–H and O–H groups in total. The number of carbonyl (C=O) groups excluding carboxylic acids is 1. The third-order valence-electron chi connectivity index (χ3n) is 4.28. The van der Waals surface area contributed by atoms with Crippen LogP contribution in [0.4, 0.5) is 4.79 Å². The molecule has 2 rings (SSSR count). The number of nitrogens with two attached hydrogens (primary N) is 1. The largest absolute Gasteiger partial charge is 0.444 e. The van der Waals surface area contributed by atoms with Gasteiger partial charge in [-0.15, -0.1) is 0 Å². The summed E-state index contributed by atoms with van der Waals surface area (Å²) in [6.45, 7) is 9.08. The number of hydrogen-bond acceptors (Lipinski definition) is 4. The highest BCUT2D eigenvalue weighted by Gasteiger charge is 2.43. The van der Waals surface area contributed by atoms with Crippen LogP contribution < -0.4 is 5.73 Å². The number of amides is 1. The van der Waals surface area contributed by atoms with Crippen LogP contribution in [0.1, 0.15) is 27.2 Å². The minimum absolute atomic E-state index is 0.185. The van der Waals surface area contributed by atoms with E-state index >= 15 is 0 Å². The fourth-order valence-electron chi connectivity index (χ4n) is 3.35. The Morgan fingerprint density at radius 3 is 2.63 bits per heavy atom. The van der Waals surface area contributed by atoms with Gasteiger partial charge in [-0.25, -0.2) is 4.79 Å². The lowest BCUT2D eigenvalue weighted by Crippen LogP contribution is -2.51. The smallest absolute Gasteiger partial charge is 0.410 e. The molecule has 0 bridgehead atoms. The molecule has 0 spiro atoms. The van der Waals surface area contributed by atoms with Gasteiger partial charge in [-0.2, -0.15) is 0 Å². The molecule has 19 heavy (non-hydrogen) atoms. The van der Waals surface area contributed by atoms with Crippen molar-refractivity contribution in [2.45, 2.75) is 38.8 Å². The molecule has 0 saturated carbocycles. The quantitative estimate of drug-likeness (QED) is 0.775. The summed E-state index contributed by atoms with van der Waals surface area (Å²) in [4.78, 5) is 16.3. The fraction of sp³-hybridized carbons (Fsp3) is 0.929. The van der Waals surface area contributed by atoms with Crippen molar-refractivity contribution < 1.29 is 9.53 Å². The summed E-state index contributed by atoms with van der Waals surface area (Å²) >= 11 is 0. The Morgan fingerprint density at radius 2 is 2.05 bits per heavy atom. The third kappa shape index (κ3) is 3.20. The summed E-state index contributed by atoms with van der Waals surface area (Å²) < 4.78 is 5.46. The number of ether oxygens (including phenoxy) is 1. The fourth-order valence-corrected chi connectivity index (χ4v) is 3.35. The van der Waals surface area contributed by atoms with E-state index in [0.717, 1.165) is 32.6 Å². The highest BCUT2D eigenvalue weighted by molar-refractivity contribution is 5.68. The molecule has 0 aliphatic carbocycles. The van der Waals surface area contributed by atoms with Crippen LogP contribution in [0.2, 0.25) is 0 Å². The maximum atomic E-state index is 12.1. The van der Waals surface area contributed by atoms with Gasteiger partial charge in [0.1, 0.15) is 5.60 Å². The lowest BCUT2D eigenvalue weighted by molar-refractivity contribution is 0.0105. The Hall–Kier alpha value is -0.810. The number of likely N-dealkylation sites (tertiary alicyclic amines) is 2. The van der Waals surface area contributed by atoms with Crippen LogP contribution in [0.25, 0.3) is 0 Å². The van der Waals surface area contributed by atoms with Gasteiger partial charge in [0.05, 0.1) is 0 Å². The van der Waals surface area contributed by atoms with Crippen LogP contribution in [0, 0.1) is 11.8 Å². The number of piperidine rings is 1. The zero-order valence-electron chi connectivity index (χ0n) is 12.6. The van der Waals surface area contributed by atoms with Gasteiger partial charge in [0.25, 0.3) is 0 Å². The van der Waals surface area contributed by atoms with E-state index in [0.29, 0.717) is 17.9 Å². The highest BCUT2D eigenvalue weighted by atomic mass is 16.6. The van der Waals surface area contributed by atoms with Gasteiger partial charge in [0.15, 0.2) is 0 Å². The van der Waals surface area contributed by atoms with Crippen molar-refractivity contribution in [3.8, 4) is 0 Å². The lowest BCUT2D eigenvalue weighted by Gasteiger charge is -2.38. The maximum absolute atomic E-state index is 12.1. The monoisotopic (exact) mass is 269 g/mol. The zero-order valence-corrected chi connectivity index (χ0v) is 12.6. The Bertz CT molecular complexity index is 340. The molecular formula is C14H27N3O2. The van der Waals surface area contributed by atoms with Crippen LogP contribution in [-0.4, -0.2) is 60.8 Å². The van der Waals surface area contributed by atoms with E-state index in [1.807, 2.05) is 25.7 Å².